The number of guanidine groups is 2. The molecule has 15 heteroatoms. The highest BCUT2D eigenvalue weighted by Crippen LogP contribution is 2.08. The number of carbonyl (C=O) groups excluding carboxylic acids is 3. The maximum atomic E-state index is 13.6. The molecule has 0 saturated carbocycles. The summed E-state index contributed by atoms with van der Waals surface area (Å²) >= 11 is 0. The van der Waals surface area contributed by atoms with Gasteiger partial charge in [-0.1, -0.05) is 60.7 Å². The van der Waals surface area contributed by atoms with Crippen molar-refractivity contribution in [3.63, 3.8) is 0 Å². The van der Waals surface area contributed by atoms with Crippen LogP contribution >= 0.6 is 0 Å². The highest BCUT2D eigenvalue weighted by atomic mass is 16.4. The van der Waals surface area contributed by atoms with E-state index in [9.17, 15) is 24.3 Å². The maximum absolute atomic E-state index is 13.6. The van der Waals surface area contributed by atoms with Crippen molar-refractivity contribution in [3.05, 3.63) is 71.8 Å². The summed E-state index contributed by atoms with van der Waals surface area (Å²) < 4.78 is 0. The van der Waals surface area contributed by atoms with Crippen LogP contribution in [0, 0.1) is 0 Å². The van der Waals surface area contributed by atoms with E-state index in [4.69, 9.17) is 28.7 Å². The minimum absolute atomic E-state index is 0.0402. The van der Waals surface area contributed by atoms with Gasteiger partial charge in [0, 0.05) is 19.5 Å². The summed E-state index contributed by atoms with van der Waals surface area (Å²) in [4.78, 5) is 59.7. The Bertz CT molecular complexity index is 1300. The number of nitrogens with two attached hydrogens (primary N) is 5. The number of rotatable bonds is 19. The third-order valence-corrected chi connectivity index (χ3v) is 6.69. The number of carboxylic acids is 1. The summed E-state index contributed by atoms with van der Waals surface area (Å²) in [6.45, 7) is 0.343. The van der Waals surface area contributed by atoms with Crippen LogP contribution in [0.25, 0.3) is 0 Å². The predicted molar refractivity (Wildman–Crippen MR) is 172 cm³/mol. The molecule has 15 nitrogen and oxygen atoms in total. The topological polar surface area (TPSA) is 279 Å². The molecule has 2 rings (SSSR count). The van der Waals surface area contributed by atoms with Crippen molar-refractivity contribution in [1.82, 2.24) is 16.0 Å². The zero-order valence-electron chi connectivity index (χ0n) is 25.1. The van der Waals surface area contributed by atoms with E-state index in [1.807, 2.05) is 36.4 Å². The lowest BCUT2D eigenvalue weighted by atomic mass is 10.0. The first-order chi connectivity index (χ1) is 21.5. The fourth-order valence-corrected chi connectivity index (χ4v) is 4.38. The lowest BCUT2D eigenvalue weighted by molar-refractivity contribution is -0.142. The zero-order chi connectivity index (χ0) is 33.2. The smallest absolute Gasteiger partial charge is 0.326 e. The van der Waals surface area contributed by atoms with Crippen molar-refractivity contribution >= 4 is 35.6 Å². The van der Waals surface area contributed by atoms with Gasteiger partial charge in [0.25, 0.3) is 0 Å². The molecule has 0 saturated heterocycles. The van der Waals surface area contributed by atoms with Crippen LogP contribution in [0.5, 0.6) is 0 Å². The minimum atomic E-state index is -1.26. The SMILES string of the molecule is NC(N)=NCCC[C@@H](NC(=O)[C@@H](CCCN=C(N)N)NC(=O)[C@@H](Cc1ccccc1)NC(=O)[C@H](N)Cc1ccccc1)C(=O)O. The van der Waals surface area contributed by atoms with Crippen molar-refractivity contribution in [3.8, 4) is 0 Å². The van der Waals surface area contributed by atoms with Gasteiger partial charge in [0.05, 0.1) is 6.04 Å². The second-order valence-corrected chi connectivity index (χ2v) is 10.4. The van der Waals surface area contributed by atoms with Crippen LogP contribution in [0.15, 0.2) is 70.6 Å². The number of hydrogen-bond acceptors (Lipinski definition) is 7. The second kappa shape index (κ2) is 19.2. The Morgan fingerprint density at radius 3 is 1.53 bits per heavy atom. The molecule has 0 aliphatic rings. The number of amides is 3. The van der Waals surface area contributed by atoms with Gasteiger partial charge in [-0.2, -0.15) is 0 Å². The molecule has 0 heterocycles. The Hall–Kier alpha value is -5.18. The van der Waals surface area contributed by atoms with Crippen molar-refractivity contribution in [2.75, 3.05) is 13.1 Å². The molecule has 0 aliphatic carbocycles. The number of nitrogens with one attached hydrogen (secondary N) is 3. The van der Waals surface area contributed by atoms with Gasteiger partial charge in [0.1, 0.15) is 18.1 Å². The lowest BCUT2D eigenvalue weighted by Gasteiger charge is -2.25. The molecular formula is C30H44N10O5. The van der Waals surface area contributed by atoms with Gasteiger partial charge in [-0.15, -0.1) is 0 Å². The van der Waals surface area contributed by atoms with Crippen molar-refractivity contribution in [2.24, 2.45) is 38.7 Å². The molecule has 0 unspecified atom stereocenters. The van der Waals surface area contributed by atoms with Gasteiger partial charge in [-0.3, -0.25) is 24.4 Å². The fraction of sp³-hybridized carbons (Fsp3) is 0.400. The molecule has 4 atom stereocenters. The van der Waals surface area contributed by atoms with Gasteiger partial charge >= 0.3 is 5.97 Å². The zero-order valence-corrected chi connectivity index (χ0v) is 25.1. The molecule has 2 aromatic rings. The molecule has 0 bridgehead atoms. The average molecular weight is 625 g/mol. The van der Waals surface area contributed by atoms with E-state index in [1.54, 1.807) is 24.3 Å². The monoisotopic (exact) mass is 624 g/mol. The number of aliphatic carboxylic acids is 1. The van der Waals surface area contributed by atoms with Crippen molar-refractivity contribution in [1.29, 1.82) is 0 Å². The third-order valence-electron chi connectivity index (χ3n) is 6.69. The Morgan fingerprint density at radius 2 is 1.04 bits per heavy atom. The van der Waals surface area contributed by atoms with Gasteiger partial charge < -0.3 is 49.7 Å². The van der Waals surface area contributed by atoms with Gasteiger partial charge in [-0.05, 0) is 43.2 Å². The van der Waals surface area contributed by atoms with Crippen LogP contribution in [0.4, 0.5) is 0 Å². The van der Waals surface area contributed by atoms with Crippen LogP contribution in [0.3, 0.4) is 0 Å². The summed E-state index contributed by atoms with van der Waals surface area (Å²) in [5, 5.41) is 17.6. The molecule has 14 N–H and O–H groups in total. The van der Waals surface area contributed by atoms with E-state index >= 15 is 0 Å². The van der Waals surface area contributed by atoms with Gasteiger partial charge in [0.15, 0.2) is 11.9 Å². The number of nitrogens with zero attached hydrogens (tertiary/aromatic N) is 2. The molecule has 45 heavy (non-hydrogen) atoms. The molecule has 0 spiro atoms. The molecule has 3 amide bonds. The maximum Gasteiger partial charge on any atom is 0.326 e. The van der Waals surface area contributed by atoms with E-state index in [1.165, 1.54) is 0 Å². The Morgan fingerprint density at radius 1 is 0.622 bits per heavy atom. The normalized spacial score (nSPS) is 13.3. The standard InChI is InChI=1S/C30H44N10O5/c31-21(17-19-9-3-1-4-10-19)25(41)40-24(18-20-11-5-2-6-12-20)27(43)38-22(13-7-15-36-29(32)33)26(42)39-23(28(44)45)14-8-16-37-30(34)35/h1-6,9-12,21-24H,7-8,13-18,31H2,(H,38,43)(H,39,42)(H,40,41)(H,44,45)(H4,32,33,36)(H4,34,35,37)/t21-,22-,23-,24-/m1/s1. The van der Waals surface area contributed by atoms with Crippen LogP contribution in [-0.2, 0) is 32.0 Å². The van der Waals surface area contributed by atoms with E-state index in [0.29, 0.717) is 0 Å². The first-order valence-corrected chi connectivity index (χ1v) is 14.5. The molecule has 0 fully saturated rings. The molecular weight excluding hydrogens is 580 g/mol. The minimum Gasteiger partial charge on any atom is -0.480 e. The lowest BCUT2D eigenvalue weighted by Crippen LogP contribution is -2.57. The van der Waals surface area contributed by atoms with Crippen LogP contribution in [-0.4, -0.2) is 78.0 Å². The highest BCUT2D eigenvalue weighted by molar-refractivity contribution is 5.94. The largest absolute Gasteiger partial charge is 0.480 e. The molecule has 0 aromatic heterocycles. The van der Waals surface area contributed by atoms with Gasteiger partial charge in [0.2, 0.25) is 17.7 Å². The number of benzene rings is 2. The summed E-state index contributed by atoms with van der Waals surface area (Å²) in [5.74, 6) is -3.46. The predicted octanol–water partition coefficient (Wildman–Crippen LogP) is -1.55. The number of carbonyl (C=O) groups is 4. The summed E-state index contributed by atoms with van der Waals surface area (Å²) in [5.41, 5.74) is 29.2. The molecule has 2 aromatic carbocycles. The first-order valence-electron chi connectivity index (χ1n) is 14.5. The van der Waals surface area contributed by atoms with Crippen LogP contribution < -0.4 is 44.6 Å². The van der Waals surface area contributed by atoms with Crippen molar-refractivity contribution in [2.45, 2.75) is 62.7 Å². The third kappa shape index (κ3) is 14.2. The van der Waals surface area contributed by atoms with E-state index in [2.05, 4.69) is 25.9 Å². The van der Waals surface area contributed by atoms with E-state index in [-0.39, 0.29) is 63.5 Å². The fourth-order valence-electron chi connectivity index (χ4n) is 4.38. The highest BCUT2D eigenvalue weighted by Gasteiger charge is 2.30. The van der Waals surface area contributed by atoms with Crippen LogP contribution in [0.1, 0.15) is 36.8 Å². The Kier molecular flexibility index (Phi) is 15.3. The summed E-state index contributed by atoms with van der Waals surface area (Å²) in [7, 11) is 0. The number of carboxylic acid groups (broad SMARTS) is 1. The van der Waals surface area contributed by atoms with E-state index in [0.717, 1.165) is 11.1 Å². The molecule has 0 aliphatic heterocycles. The second-order valence-electron chi connectivity index (χ2n) is 10.4. The summed E-state index contributed by atoms with van der Waals surface area (Å²) in [6, 6.07) is 13.8. The van der Waals surface area contributed by atoms with Crippen molar-refractivity contribution < 1.29 is 24.3 Å². The number of aliphatic imine (C=N–C) groups is 2. The molecule has 244 valence electrons. The van der Waals surface area contributed by atoms with Crippen LogP contribution in [0.2, 0.25) is 0 Å². The number of hydrogen-bond donors (Lipinski definition) is 9. The van der Waals surface area contributed by atoms with Gasteiger partial charge in [-0.25, -0.2) is 4.79 Å². The quantitative estimate of drug-likeness (QED) is 0.0492. The first kappa shape index (κ1) is 36.0. The molecule has 0 radical (unpaired) electrons. The average Bonchev–Trinajstić information content (AvgIpc) is 3.00. The summed E-state index contributed by atoms with van der Waals surface area (Å²) in [6.07, 6.45) is 1.05. The van der Waals surface area contributed by atoms with E-state index < -0.39 is 47.9 Å². The Balaban J connectivity index is 2.22. The Labute approximate surface area is 262 Å².